The zero-order valence-electron chi connectivity index (χ0n) is 13.1. The maximum absolute atomic E-state index is 12.1. The first kappa shape index (κ1) is 18.1. The number of anilines is 1. The number of carboxylic acids is 1. The molecule has 9 heteroatoms. The number of carbonyl (C=O) groups is 2. The van der Waals surface area contributed by atoms with Crippen LogP contribution in [0.4, 0.5) is 10.5 Å². The molecule has 132 valence electrons. The number of amides is 1. The van der Waals surface area contributed by atoms with Crippen molar-refractivity contribution in [3.63, 3.8) is 0 Å². The lowest BCUT2D eigenvalue weighted by atomic mass is 9.99. The molecule has 2 rings (SSSR count). The van der Waals surface area contributed by atoms with Crippen molar-refractivity contribution in [1.29, 1.82) is 0 Å². The SMILES string of the molecule is Cc1ccc(N(C)C(=O)OC2OC(C(=O)O)C(O)C(O)C2O)cc1. The van der Waals surface area contributed by atoms with Gasteiger partial charge in [0.15, 0.2) is 6.10 Å². The summed E-state index contributed by atoms with van der Waals surface area (Å²) in [6, 6.07) is 6.91. The van der Waals surface area contributed by atoms with Crippen LogP contribution in [0.2, 0.25) is 0 Å². The summed E-state index contributed by atoms with van der Waals surface area (Å²) < 4.78 is 9.82. The molecule has 1 aromatic carbocycles. The van der Waals surface area contributed by atoms with Crippen LogP contribution in [0, 0.1) is 6.92 Å². The standard InChI is InChI=1S/C15H19NO8/c1-7-3-5-8(6-4-7)16(2)15(22)24-14-11(19)9(17)10(18)12(23-14)13(20)21/h3-6,9-12,14,17-19H,1-2H3,(H,20,21). The Kier molecular flexibility index (Phi) is 5.40. The van der Waals surface area contributed by atoms with Crippen LogP contribution in [0.25, 0.3) is 0 Å². The third-order valence-corrected chi connectivity index (χ3v) is 3.73. The van der Waals surface area contributed by atoms with Crippen molar-refractivity contribution in [2.75, 3.05) is 11.9 Å². The number of hydrogen-bond acceptors (Lipinski definition) is 7. The van der Waals surface area contributed by atoms with Crippen molar-refractivity contribution in [3.05, 3.63) is 29.8 Å². The van der Waals surface area contributed by atoms with Gasteiger partial charge in [-0.05, 0) is 19.1 Å². The molecule has 0 spiro atoms. The molecule has 1 aromatic rings. The summed E-state index contributed by atoms with van der Waals surface area (Å²) in [5, 5.41) is 38.0. The second-order valence-electron chi connectivity index (χ2n) is 5.51. The number of ether oxygens (including phenoxy) is 2. The first-order chi connectivity index (χ1) is 11.2. The van der Waals surface area contributed by atoms with Crippen molar-refractivity contribution in [1.82, 2.24) is 0 Å². The zero-order chi connectivity index (χ0) is 18.0. The predicted octanol–water partition coefficient (Wildman–Crippen LogP) is -0.540. The second kappa shape index (κ2) is 7.14. The fraction of sp³-hybridized carbons (Fsp3) is 0.467. The molecule has 0 bridgehead atoms. The number of rotatable bonds is 3. The molecule has 1 amide bonds. The lowest BCUT2D eigenvalue weighted by Crippen LogP contribution is -2.61. The summed E-state index contributed by atoms with van der Waals surface area (Å²) >= 11 is 0. The summed E-state index contributed by atoms with van der Waals surface area (Å²) in [6.45, 7) is 1.88. The molecule has 4 N–H and O–H groups in total. The Hall–Kier alpha value is -2.20. The normalized spacial score (nSPS) is 29.8. The van der Waals surface area contributed by atoms with E-state index in [1.54, 1.807) is 24.3 Å². The minimum atomic E-state index is -1.85. The van der Waals surface area contributed by atoms with Crippen LogP contribution < -0.4 is 4.90 Å². The van der Waals surface area contributed by atoms with Crippen LogP contribution >= 0.6 is 0 Å². The van der Waals surface area contributed by atoms with Crippen LogP contribution in [0.5, 0.6) is 0 Å². The Morgan fingerprint density at radius 2 is 1.67 bits per heavy atom. The molecule has 1 fully saturated rings. The van der Waals surface area contributed by atoms with Crippen molar-refractivity contribution < 1.29 is 39.5 Å². The molecule has 0 saturated carbocycles. The molecule has 1 heterocycles. The van der Waals surface area contributed by atoms with E-state index in [1.165, 1.54) is 7.05 Å². The monoisotopic (exact) mass is 341 g/mol. The lowest BCUT2D eigenvalue weighted by Gasteiger charge is -2.38. The highest BCUT2D eigenvalue weighted by Crippen LogP contribution is 2.24. The third kappa shape index (κ3) is 3.65. The number of carboxylic acid groups (broad SMARTS) is 1. The van der Waals surface area contributed by atoms with Crippen LogP contribution in [0.3, 0.4) is 0 Å². The predicted molar refractivity (Wildman–Crippen MR) is 80.4 cm³/mol. The summed E-state index contributed by atoms with van der Waals surface area (Å²) in [7, 11) is 1.42. The van der Waals surface area contributed by atoms with Gasteiger partial charge < -0.3 is 29.9 Å². The molecular formula is C15H19NO8. The van der Waals surface area contributed by atoms with Gasteiger partial charge in [0.1, 0.15) is 18.3 Å². The molecule has 9 nitrogen and oxygen atoms in total. The first-order valence-electron chi connectivity index (χ1n) is 7.16. The van der Waals surface area contributed by atoms with Crippen molar-refractivity contribution >= 4 is 17.7 Å². The van der Waals surface area contributed by atoms with E-state index in [-0.39, 0.29) is 0 Å². The Labute approximate surface area is 137 Å². The number of aliphatic hydroxyl groups excluding tert-OH is 3. The number of benzene rings is 1. The van der Waals surface area contributed by atoms with Gasteiger partial charge in [-0.3, -0.25) is 4.90 Å². The molecule has 5 unspecified atom stereocenters. The summed E-state index contributed by atoms with van der Waals surface area (Å²) in [6.07, 6.45) is -9.94. The molecule has 0 radical (unpaired) electrons. The van der Waals surface area contributed by atoms with E-state index in [9.17, 15) is 24.9 Å². The fourth-order valence-electron chi connectivity index (χ4n) is 2.20. The Morgan fingerprint density at radius 1 is 1.08 bits per heavy atom. The highest BCUT2D eigenvalue weighted by molar-refractivity contribution is 5.87. The lowest BCUT2D eigenvalue weighted by molar-refractivity contribution is -0.277. The topological polar surface area (TPSA) is 137 Å². The summed E-state index contributed by atoms with van der Waals surface area (Å²) in [4.78, 5) is 24.3. The van der Waals surface area contributed by atoms with E-state index in [4.69, 9.17) is 14.6 Å². The largest absolute Gasteiger partial charge is 0.479 e. The van der Waals surface area contributed by atoms with E-state index in [0.717, 1.165) is 10.5 Å². The Bertz CT molecular complexity index is 604. The molecule has 0 aliphatic carbocycles. The van der Waals surface area contributed by atoms with Gasteiger partial charge in [0, 0.05) is 12.7 Å². The molecule has 5 atom stereocenters. The minimum absolute atomic E-state index is 0.506. The van der Waals surface area contributed by atoms with Gasteiger partial charge in [0.2, 0.25) is 6.29 Å². The molecule has 0 aromatic heterocycles. The van der Waals surface area contributed by atoms with E-state index < -0.39 is 42.8 Å². The zero-order valence-corrected chi connectivity index (χ0v) is 13.1. The van der Waals surface area contributed by atoms with Gasteiger partial charge >= 0.3 is 12.1 Å². The van der Waals surface area contributed by atoms with E-state index >= 15 is 0 Å². The number of carbonyl (C=O) groups excluding carboxylic acids is 1. The average Bonchev–Trinajstić information content (AvgIpc) is 2.55. The quantitative estimate of drug-likeness (QED) is 0.575. The molecule has 1 aliphatic rings. The van der Waals surface area contributed by atoms with Gasteiger partial charge in [0.05, 0.1) is 0 Å². The molecular weight excluding hydrogens is 322 g/mol. The minimum Gasteiger partial charge on any atom is -0.479 e. The van der Waals surface area contributed by atoms with Gasteiger partial charge in [0.25, 0.3) is 0 Å². The Morgan fingerprint density at radius 3 is 2.21 bits per heavy atom. The van der Waals surface area contributed by atoms with Gasteiger partial charge in [-0.1, -0.05) is 17.7 Å². The summed E-state index contributed by atoms with van der Waals surface area (Å²) in [5.41, 5.74) is 1.50. The maximum Gasteiger partial charge on any atom is 0.416 e. The highest BCUT2D eigenvalue weighted by atomic mass is 16.7. The van der Waals surface area contributed by atoms with Crippen LogP contribution in [0.1, 0.15) is 5.56 Å². The number of nitrogens with zero attached hydrogens (tertiary/aromatic N) is 1. The Balaban J connectivity index is 2.09. The average molecular weight is 341 g/mol. The number of aliphatic hydroxyl groups is 3. The van der Waals surface area contributed by atoms with E-state index in [0.29, 0.717) is 5.69 Å². The number of aryl methyl sites for hydroxylation is 1. The molecule has 1 saturated heterocycles. The van der Waals surface area contributed by atoms with Crippen molar-refractivity contribution in [2.24, 2.45) is 0 Å². The van der Waals surface area contributed by atoms with Crippen LogP contribution in [0.15, 0.2) is 24.3 Å². The molecule has 24 heavy (non-hydrogen) atoms. The third-order valence-electron chi connectivity index (χ3n) is 3.73. The second-order valence-corrected chi connectivity index (χ2v) is 5.51. The first-order valence-corrected chi connectivity index (χ1v) is 7.16. The van der Waals surface area contributed by atoms with E-state index in [2.05, 4.69) is 0 Å². The fourth-order valence-corrected chi connectivity index (χ4v) is 2.20. The highest BCUT2D eigenvalue weighted by Gasteiger charge is 2.48. The number of hydrogen-bond donors (Lipinski definition) is 4. The number of aliphatic carboxylic acids is 1. The smallest absolute Gasteiger partial charge is 0.416 e. The summed E-state index contributed by atoms with van der Waals surface area (Å²) in [5.74, 6) is -1.55. The van der Waals surface area contributed by atoms with Crippen molar-refractivity contribution in [3.8, 4) is 0 Å². The van der Waals surface area contributed by atoms with E-state index in [1.807, 2.05) is 6.92 Å². The van der Waals surface area contributed by atoms with Gasteiger partial charge in [-0.25, -0.2) is 9.59 Å². The van der Waals surface area contributed by atoms with Gasteiger partial charge in [-0.15, -0.1) is 0 Å². The van der Waals surface area contributed by atoms with Crippen LogP contribution in [-0.2, 0) is 14.3 Å². The molecule has 1 aliphatic heterocycles. The van der Waals surface area contributed by atoms with Gasteiger partial charge in [-0.2, -0.15) is 0 Å². The maximum atomic E-state index is 12.1. The van der Waals surface area contributed by atoms with Crippen molar-refractivity contribution in [2.45, 2.75) is 37.6 Å². The van der Waals surface area contributed by atoms with Crippen LogP contribution in [-0.4, -0.2) is 70.2 Å².